The predicted octanol–water partition coefficient (Wildman–Crippen LogP) is 4.48. The highest BCUT2D eigenvalue weighted by molar-refractivity contribution is 7.15. The van der Waals surface area contributed by atoms with Gasteiger partial charge in [0.1, 0.15) is 17.2 Å². The minimum atomic E-state index is -0.671. The minimum Gasteiger partial charge on any atom is -0.298 e. The number of carbonyl (C=O) groups is 1. The zero-order chi connectivity index (χ0) is 19.6. The molecule has 0 saturated heterocycles. The third kappa shape index (κ3) is 4.32. The fourth-order valence-corrected chi connectivity index (χ4v) is 3.45. The van der Waals surface area contributed by atoms with Crippen LogP contribution in [0.3, 0.4) is 0 Å². The quantitative estimate of drug-likeness (QED) is 0.515. The molecule has 9 heteroatoms. The summed E-state index contributed by atoms with van der Waals surface area (Å²) in [6.07, 6.45) is 1.72. The number of nitro benzene ring substituents is 1. The van der Waals surface area contributed by atoms with Crippen molar-refractivity contribution in [3.8, 4) is 0 Å². The first-order valence-corrected chi connectivity index (χ1v) is 8.60. The van der Waals surface area contributed by atoms with Gasteiger partial charge in [0.15, 0.2) is 5.13 Å². The van der Waals surface area contributed by atoms with E-state index in [-0.39, 0.29) is 22.8 Å². The van der Waals surface area contributed by atoms with E-state index >= 15 is 0 Å². The molecule has 0 saturated carbocycles. The van der Waals surface area contributed by atoms with E-state index in [4.69, 9.17) is 0 Å². The molecule has 138 valence electrons. The molecule has 3 aromatic rings. The normalized spacial score (nSPS) is 10.6. The topological polar surface area (TPSA) is 85.1 Å². The number of carbonyl (C=O) groups excluding carboxylic acids is 1. The number of nitro groups is 1. The summed E-state index contributed by atoms with van der Waals surface area (Å²) in [5.74, 6) is -1.99. The third-order valence-electron chi connectivity index (χ3n) is 3.74. The molecule has 2 aromatic carbocycles. The molecule has 0 bridgehead atoms. The van der Waals surface area contributed by atoms with Gasteiger partial charge in [0, 0.05) is 29.1 Å². The van der Waals surface area contributed by atoms with E-state index in [9.17, 15) is 23.7 Å². The first-order valence-electron chi connectivity index (χ1n) is 7.78. The minimum absolute atomic E-state index is 0.0658. The van der Waals surface area contributed by atoms with Crippen LogP contribution in [0.4, 0.5) is 19.6 Å². The van der Waals surface area contributed by atoms with Gasteiger partial charge < -0.3 is 0 Å². The van der Waals surface area contributed by atoms with Gasteiger partial charge in [-0.05, 0) is 30.7 Å². The van der Waals surface area contributed by atoms with Gasteiger partial charge in [-0.2, -0.15) is 0 Å². The lowest BCUT2D eigenvalue weighted by Crippen LogP contribution is -2.14. The molecule has 0 spiro atoms. The van der Waals surface area contributed by atoms with E-state index in [2.05, 4.69) is 10.3 Å². The maximum absolute atomic E-state index is 13.3. The van der Waals surface area contributed by atoms with Crippen molar-refractivity contribution in [2.24, 2.45) is 0 Å². The number of halogens is 2. The van der Waals surface area contributed by atoms with E-state index in [0.717, 1.165) is 17.4 Å². The van der Waals surface area contributed by atoms with Crippen LogP contribution >= 0.6 is 11.3 Å². The summed E-state index contributed by atoms with van der Waals surface area (Å²) in [6, 6.07) is 7.70. The van der Waals surface area contributed by atoms with Gasteiger partial charge in [-0.15, -0.1) is 11.3 Å². The molecular weight excluding hydrogens is 376 g/mol. The van der Waals surface area contributed by atoms with Crippen LogP contribution in [0, 0.1) is 28.7 Å². The Labute approximate surface area is 156 Å². The fourth-order valence-electron chi connectivity index (χ4n) is 2.61. The van der Waals surface area contributed by atoms with E-state index in [1.807, 2.05) is 0 Å². The van der Waals surface area contributed by atoms with Crippen LogP contribution in [0.25, 0.3) is 0 Å². The molecule has 0 unspecified atom stereocenters. The number of para-hydroxylation sites is 1. The highest BCUT2D eigenvalue weighted by Gasteiger charge is 2.23. The first kappa shape index (κ1) is 18.6. The zero-order valence-electron chi connectivity index (χ0n) is 14.0. The molecule has 1 N–H and O–H groups in total. The molecule has 1 heterocycles. The summed E-state index contributed by atoms with van der Waals surface area (Å²) in [5, 5.41) is 14.0. The third-order valence-corrected chi connectivity index (χ3v) is 4.65. The Morgan fingerprint density at radius 2 is 1.96 bits per heavy atom. The number of thiazole rings is 1. The molecule has 0 atom stereocenters. The number of hydrogen-bond donors (Lipinski definition) is 1. The largest absolute Gasteiger partial charge is 0.298 e. The Hall–Kier alpha value is -3.20. The number of aromatic nitrogens is 1. The molecule has 0 aliphatic carbocycles. The van der Waals surface area contributed by atoms with E-state index in [0.29, 0.717) is 16.0 Å². The van der Waals surface area contributed by atoms with Crippen molar-refractivity contribution >= 4 is 28.1 Å². The van der Waals surface area contributed by atoms with Crippen molar-refractivity contribution in [2.45, 2.75) is 13.3 Å². The number of nitrogens with zero attached hydrogens (tertiary/aromatic N) is 2. The molecule has 1 amide bonds. The molecule has 3 rings (SSSR count). The second-order valence-corrected chi connectivity index (χ2v) is 6.88. The number of rotatable bonds is 5. The summed E-state index contributed by atoms with van der Waals surface area (Å²) in [4.78, 5) is 27.7. The Balaban J connectivity index is 1.77. The van der Waals surface area contributed by atoms with Crippen LogP contribution in [0.2, 0.25) is 0 Å². The molecule has 6 nitrogen and oxygen atoms in total. The summed E-state index contributed by atoms with van der Waals surface area (Å²) >= 11 is 1.12. The summed E-state index contributed by atoms with van der Waals surface area (Å²) in [6.45, 7) is 1.55. The number of amides is 1. The van der Waals surface area contributed by atoms with Crippen molar-refractivity contribution in [2.75, 3.05) is 5.32 Å². The molecule has 0 aliphatic rings. The van der Waals surface area contributed by atoms with Gasteiger partial charge in [-0.1, -0.05) is 12.1 Å². The summed E-state index contributed by atoms with van der Waals surface area (Å²) in [5.41, 5.74) is 0.481. The molecule has 0 fully saturated rings. The molecule has 27 heavy (non-hydrogen) atoms. The van der Waals surface area contributed by atoms with Crippen LogP contribution in [0.15, 0.2) is 42.6 Å². The van der Waals surface area contributed by atoms with Gasteiger partial charge in [0.2, 0.25) is 0 Å². The molecule has 0 aliphatic heterocycles. The van der Waals surface area contributed by atoms with Crippen molar-refractivity contribution in [1.82, 2.24) is 4.98 Å². The Kier molecular flexibility index (Phi) is 5.22. The number of benzene rings is 2. The highest BCUT2D eigenvalue weighted by atomic mass is 32.1. The van der Waals surface area contributed by atoms with Gasteiger partial charge in [0.25, 0.3) is 11.6 Å². The Morgan fingerprint density at radius 1 is 1.26 bits per heavy atom. The molecular formula is C18H13F2N3O3S. The smallest absolute Gasteiger partial charge is 0.285 e. The van der Waals surface area contributed by atoms with E-state index in [1.54, 1.807) is 19.1 Å². The lowest BCUT2D eigenvalue weighted by Gasteiger charge is -2.05. The van der Waals surface area contributed by atoms with Crippen molar-refractivity contribution in [3.05, 3.63) is 85.9 Å². The average molecular weight is 389 g/mol. The van der Waals surface area contributed by atoms with E-state index in [1.165, 1.54) is 24.4 Å². The fraction of sp³-hybridized carbons (Fsp3) is 0.111. The second-order valence-electron chi connectivity index (χ2n) is 5.77. The number of hydrogen-bond acceptors (Lipinski definition) is 5. The summed E-state index contributed by atoms with van der Waals surface area (Å²) in [7, 11) is 0. The lowest BCUT2D eigenvalue weighted by atomic mass is 10.1. The first-order chi connectivity index (χ1) is 12.8. The number of anilines is 1. The van der Waals surface area contributed by atoms with Gasteiger partial charge in [0.05, 0.1) is 4.92 Å². The SMILES string of the molecule is Cc1cccc(C(=O)Nc2ncc(Cc3cc(F)cc(F)c3)s2)c1[N+](=O)[O-]. The lowest BCUT2D eigenvalue weighted by molar-refractivity contribution is -0.385. The van der Waals surface area contributed by atoms with Crippen molar-refractivity contribution < 1.29 is 18.5 Å². The van der Waals surface area contributed by atoms with Crippen LogP contribution in [0.5, 0.6) is 0 Å². The van der Waals surface area contributed by atoms with Crippen LogP contribution in [-0.2, 0) is 6.42 Å². The van der Waals surface area contributed by atoms with Crippen LogP contribution in [-0.4, -0.2) is 15.8 Å². The summed E-state index contributed by atoms with van der Waals surface area (Å²) < 4.78 is 26.5. The van der Waals surface area contributed by atoms with E-state index < -0.39 is 22.5 Å². The molecule has 1 aromatic heterocycles. The highest BCUT2D eigenvalue weighted by Crippen LogP contribution is 2.26. The zero-order valence-corrected chi connectivity index (χ0v) is 14.8. The van der Waals surface area contributed by atoms with Crippen molar-refractivity contribution in [3.63, 3.8) is 0 Å². The monoisotopic (exact) mass is 389 g/mol. The standard InChI is InChI=1S/C18H13F2N3O3S/c1-10-3-2-4-15(16(10)23(25)26)17(24)22-18-21-9-14(27-18)7-11-5-12(19)8-13(20)6-11/h2-6,8-9H,7H2,1H3,(H,21,22,24). The maximum Gasteiger partial charge on any atom is 0.285 e. The Morgan fingerprint density at radius 3 is 2.63 bits per heavy atom. The second kappa shape index (κ2) is 7.58. The van der Waals surface area contributed by atoms with Gasteiger partial charge >= 0.3 is 0 Å². The van der Waals surface area contributed by atoms with Gasteiger partial charge in [-0.3, -0.25) is 20.2 Å². The average Bonchev–Trinajstić information content (AvgIpc) is 3.00. The van der Waals surface area contributed by atoms with Crippen molar-refractivity contribution in [1.29, 1.82) is 0 Å². The van der Waals surface area contributed by atoms with Gasteiger partial charge in [-0.25, -0.2) is 13.8 Å². The molecule has 0 radical (unpaired) electrons. The predicted molar refractivity (Wildman–Crippen MR) is 97.1 cm³/mol. The van der Waals surface area contributed by atoms with Crippen LogP contribution in [0.1, 0.15) is 26.4 Å². The maximum atomic E-state index is 13.3. The Bertz CT molecular complexity index is 1020. The number of nitrogens with one attached hydrogen (secondary N) is 1. The number of aryl methyl sites for hydroxylation is 1. The van der Waals surface area contributed by atoms with Crippen LogP contribution < -0.4 is 5.32 Å².